The van der Waals surface area contributed by atoms with Crippen molar-refractivity contribution in [2.75, 3.05) is 5.32 Å². The number of amides is 1. The Morgan fingerprint density at radius 3 is 2.42 bits per heavy atom. The van der Waals surface area contributed by atoms with Crippen LogP contribution in [0.3, 0.4) is 0 Å². The van der Waals surface area contributed by atoms with Gasteiger partial charge in [0.2, 0.25) is 0 Å². The van der Waals surface area contributed by atoms with E-state index in [4.69, 9.17) is 16.3 Å². The maximum Gasteiger partial charge on any atom is 0.416 e. The molecule has 0 fully saturated rings. The van der Waals surface area contributed by atoms with E-state index in [1.165, 1.54) is 6.07 Å². The first-order valence-corrected chi connectivity index (χ1v) is 11.5. The van der Waals surface area contributed by atoms with Crippen molar-refractivity contribution in [2.24, 2.45) is 0 Å². The Hall–Kier alpha value is -3.78. The number of hydrogen-bond acceptors (Lipinski definition) is 3. The predicted octanol–water partition coefficient (Wildman–Crippen LogP) is 7.05. The summed E-state index contributed by atoms with van der Waals surface area (Å²) in [5.41, 5.74) is 2.82. The third-order valence-electron chi connectivity index (χ3n) is 5.62. The van der Waals surface area contributed by atoms with Crippen LogP contribution in [0.4, 0.5) is 18.9 Å². The van der Waals surface area contributed by atoms with Gasteiger partial charge in [-0.05, 0) is 67.4 Å². The molecule has 0 radical (unpaired) electrons. The van der Waals surface area contributed by atoms with Crippen molar-refractivity contribution >= 4 is 23.2 Å². The molecule has 1 aromatic heterocycles. The first kappa shape index (κ1) is 25.3. The smallest absolute Gasteiger partial charge is 0.416 e. The number of halogens is 4. The number of rotatable bonds is 7. The molecular formula is C27H23ClF3N3O2. The van der Waals surface area contributed by atoms with E-state index < -0.39 is 11.7 Å². The number of aromatic nitrogens is 2. The van der Waals surface area contributed by atoms with Gasteiger partial charge < -0.3 is 10.1 Å². The summed E-state index contributed by atoms with van der Waals surface area (Å²) < 4.78 is 46.4. The Kier molecular flexibility index (Phi) is 7.35. The molecule has 1 heterocycles. The summed E-state index contributed by atoms with van der Waals surface area (Å²) >= 11 is 5.96. The molecule has 0 bridgehead atoms. The van der Waals surface area contributed by atoms with Gasteiger partial charge in [-0.1, -0.05) is 41.9 Å². The molecule has 0 aliphatic heterocycles. The number of ether oxygens (including phenoxy) is 1. The highest BCUT2D eigenvalue weighted by molar-refractivity contribution is 6.30. The second-order valence-electron chi connectivity index (χ2n) is 8.30. The summed E-state index contributed by atoms with van der Waals surface area (Å²) in [6.07, 6.45) is -4.42. The van der Waals surface area contributed by atoms with E-state index >= 15 is 0 Å². The minimum Gasteiger partial charge on any atom is -0.489 e. The first-order valence-electron chi connectivity index (χ1n) is 11.1. The predicted molar refractivity (Wildman–Crippen MR) is 132 cm³/mol. The van der Waals surface area contributed by atoms with Gasteiger partial charge in [-0.15, -0.1) is 0 Å². The van der Waals surface area contributed by atoms with Crippen LogP contribution in [0.25, 0.3) is 0 Å². The fourth-order valence-corrected chi connectivity index (χ4v) is 3.89. The van der Waals surface area contributed by atoms with Gasteiger partial charge >= 0.3 is 6.18 Å². The Balaban J connectivity index is 1.42. The zero-order valence-electron chi connectivity index (χ0n) is 19.6. The maximum absolute atomic E-state index is 13.0. The topological polar surface area (TPSA) is 56.2 Å². The van der Waals surface area contributed by atoms with Crippen LogP contribution >= 0.6 is 11.6 Å². The van der Waals surface area contributed by atoms with E-state index in [-0.39, 0.29) is 12.5 Å². The van der Waals surface area contributed by atoms with Crippen molar-refractivity contribution in [1.82, 2.24) is 9.78 Å². The van der Waals surface area contributed by atoms with Gasteiger partial charge in [0.25, 0.3) is 5.91 Å². The highest BCUT2D eigenvalue weighted by Gasteiger charge is 2.30. The lowest BCUT2D eigenvalue weighted by Crippen LogP contribution is -2.13. The van der Waals surface area contributed by atoms with Gasteiger partial charge in [0.05, 0.1) is 29.2 Å². The summed E-state index contributed by atoms with van der Waals surface area (Å²) in [6, 6.07) is 19.2. The Labute approximate surface area is 211 Å². The SMILES string of the molecule is Cc1nn(Cc2cccc(C(F)(F)F)c2)c(C)c1NC(=O)c1ccc(COc2cccc(Cl)c2)cc1. The highest BCUT2D eigenvalue weighted by atomic mass is 35.5. The van der Waals surface area contributed by atoms with Crippen molar-refractivity contribution in [3.8, 4) is 5.75 Å². The molecule has 1 N–H and O–H groups in total. The number of nitrogens with zero attached hydrogens (tertiary/aromatic N) is 2. The summed E-state index contributed by atoms with van der Waals surface area (Å²) in [6.45, 7) is 3.97. The Morgan fingerprint density at radius 2 is 1.72 bits per heavy atom. The molecule has 1 amide bonds. The molecular weight excluding hydrogens is 491 g/mol. The Bertz CT molecular complexity index is 1380. The van der Waals surface area contributed by atoms with E-state index in [2.05, 4.69) is 10.4 Å². The van der Waals surface area contributed by atoms with Crippen molar-refractivity contribution in [3.05, 3.63) is 111 Å². The average molecular weight is 514 g/mol. The second-order valence-corrected chi connectivity index (χ2v) is 8.74. The van der Waals surface area contributed by atoms with Crippen LogP contribution in [0.2, 0.25) is 5.02 Å². The standard InChI is InChI=1S/C27H23ClF3N3O2/c1-17-25(18(2)34(33-17)15-20-5-3-6-22(13-20)27(29,30)31)32-26(35)21-11-9-19(10-12-21)16-36-24-8-4-7-23(28)14-24/h3-14H,15-16H2,1-2H3,(H,32,35). The first-order chi connectivity index (χ1) is 17.1. The van der Waals surface area contributed by atoms with Gasteiger partial charge in [-0.3, -0.25) is 9.48 Å². The number of anilines is 1. The van der Waals surface area contributed by atoms with Crippen LogP contribution in [0.5, 0.6) is 5.75 Å². The lowest BCUT2D eigenvalue weighted by Gasteiger charge is -2.10. The molecule has 36 heavy (non-hydrogen) atoms. The van der Waals surface area contributed by atoms with E-state index in [1.807, 2.05) is 6.07 Å². The highest BCUT2D eigenvalue weighted by Crippen LogP contribution is 2.30. The molecule has 0 atom stereocenters. The van der Waals surface area contributed by atoms with Gasteiger partial charge in [-0.2, -0.15) is 18.3 Å². The van der Waals surface area contributed by atoms with Crippen LogP contribution in [-0.4, -0.2) is 15.7 Å². The van der Waals surface area contributed by atoms with Crippen molar-refractivity contribution in [1.29, 1.82) is 0 Å². The van der Waals surface area contributed by atoms with E-state index in [1.54, 1.807) is 67.1 Å². The zero-order chi connectivity index (χ0) is 25.9. The molecule has 5 nitrogen and oxygen atoms in total. The molecule has 4 aromatic rings. The quantitative estimate of drug-likeness (QED) is 0.288. The molecule has 0 aliphatic carbocycles. The normalized spacial score (nSPS) is 11.4. The van der Waals surface area contributed by atoms with Crippen molar-refractivity contribution in [2.45, 2.75) is 33.2 Å². The minimum atomic E-state index is -4.42. The number of alkyl halides is 3. The summed E-state index contributed by atoms with van der Waals surface area (Å²) in [5.74, 6) is 0.333. The van der Waals surface area contributed by atoms with Gasteiger partial charge in [0.15, 0.2) is 0 Å². The van der Waals surface area contributed by atoms with Gasteiger partial charge in [-0.25, -0.2) is 0 Å². The van der Waals surface area contributed by atoms with Crippen LogP contribution in [0, 0.1) is 13.8 Å². The molecule has 0 saturated carbocycles. The third-order valence-corrected chi connectivity index (χ3v) is 5.86. The zero-order valence-corrected chi connectivity index (χ0v) is 20.3. The lowest BCUT2D eigenvalue weighted by atomic mass is 10.1. The average Bonchev–Trinajstić information content (AvgIpc) is 3.10. The summed E-state index contributed by atoms with van der Waals surface area (Å²) in [5, 5.41) is 7.87. The largest absolute Gasteiger partial charge is 0.489 e. The van der Waals surface area contributed by atoms with Gasteiger partial charge in [0.1, 0.15) is 12.4 Å². The van der Waals surface area contributed by atoms with Crippen LogP contribution in [0.15, 0.2) is 72.8 Å². The number of carbonyl (C=O) groups is 1. The second kappa shape index (κ2) is 10.5. The molecule has 186 valence electrons. The number of carbonyl (C=O) groups excluding carboxylic acids is 1. The Morgan fingerprint density at radius 1 is 1.00 bits per heavy atom. The van der Waals surface area contributed by atoms with Crippen molar-refractivity contribution < 1.29 is 22.7 Å². The minimum absolute atomic E-state index is 0.147. The molecule has 0 spiro atoms. The molecule has 9 heteroatoms. The van der Waals surface area contributed by atoms with Crippen LogP contribution in [0.1, 0.15) is 38.4 Å². The molecule has 0 unspecified atom stereocenters. The maximum atomic E-state index is 13.0. The molecule has 0 aliphatic rings. The van der Waals surface area contributed by atoms with Gasteiger partial charge in [0, 0.05) is 10.6 Å². The van der Waals surface area contributed by atoms with Crippen LogP contribution in [-0.2, 0) is 19.3 Å². The van der Waals surface area contributed by atoms with E-state index in [0.717, 1.165) is 17.7 Å². The molecule has 0 saturated heterocycles. The summed E-state index contributed by atoms with van der Waals surface area (Å²) in [7, 11) is 0. The lowest BCUT2D eigenvalue weighted by molar-refractivity contribution is -0.137. The van der Waals surface area contributed by atoms with Crippen molar-refractivity contribution in [3.63, 3.8) is 0 Å². The van der Waals surface area contributed by atoms with E-state index in [0.29, 0.717) is 45.6 Å². The fourth-order valence-electron chi connectivity index (χ4n) is 3.71. The van der Waals surface area contributed by atoms with Crippen LogP contribution < -0.4 is 10.1 Å². The monoisotopic (exact) mass is 513 g/mol. The summed E-state index contributed by atoms with van der Waals surface area (Å²) in [4.78, 5) is 12.9. The van der Waals surface area contributed by atoms with E-state index in [9.17, 15) is 18.0 Å². The number of aryl methyl sites for hydroxylation is 1. The fraction of sp³-hybridized carbons (Fsp3) is 0.185. The third kappa shape index (κ3) is 6.07. The number of benzene rings is 3. The molecule has 3 aromatic carbocycles. The number of nitrogens with one attached hydrogen (secondary N) is 1. The molecule has 4 rings (SSSR count). The number of hydrogen-bond donors (Lipinski definition) is 1.